The normalized spacial score (nSPS) is 29.2. The van der Waals surface area contributed by atoms with Gasteiger partial charge < -0.3 is 10.1 Å². The molecule has 2 aliphatic carbocycles. The fourth-order valence-corrected chi connectivity index (χ4v) is 3.65. The lowest BCUT2D eigenvalue weighted by Crippen LogP contribution is -2.44. The maximum Gasteiger partial charge on any atom is 0.261 e. The van der Waals surface area contributed by atoms with Crippen molar-refractivity contribution in [3.05, 3.63) is 29.8 Å². The molecule has 1 aromatic rings. The summed E-state index contributed by atoms with van der Waals surface area (Å²) in [5.74, 6) is 2.36. The summed E-state index contributed by atoms with van der Waals surface area (Å²) in [7, 11) is 0. The second-order valence-electron chi connectivity index (χ2n) is 6.32. The van der Waals surface area contributed by atoms with E-state index in [0.717, 1.165) is 23.7 Å². The molecule has 3 rings (SSSR count). The smallest absolute Gasteiger partial charge is 0.261 e. The summed E-state index contributed by atoms with van der Waals surface area (Å²) in [6, 6.07) is 8.20. The molecule has 3 heteroatoms. The van der Waals surface area contributed by atoms with Crippen molar-refractivity contribution >= 4 is 5.91 Å². The minimum Gasteiger partial charge on any atom is -0.481 e. The second kappa shape index (κ2) is 5.47. The highest BCUT2D eigenvalue weighted by molar-refractivity contribution is 5.81. The molecule has 20 heavy (non-hydrogen) atoms. The van der Waals surface area contributed by atoms with Gasteiger partial charge in [0.25, 0.3) is 5.91 Å². The number of nitrogens with one attached hydrogen (secondary N) is 1. The van der Waals surface area contributed by atoms with Crippen LogP contribution < -0.4 is 10.1 Å². The van der Waals surface area contributed by atoms with Gasteiger partial charge in [0.1, 0.15) is 5.75 Å². The summed E-state index contributed by atoms with van der Waals surface area (Å²) in [5.41, 5.74) is 1.06. The average Bonchev–Trinajstić information content (AvgIpc) is 3.03. The van der Waals surface area contributed by atoms with E-state index >= 15 is 0 Å². The standard InChI is InChI=1S/C17H23NO2/c1-11-5-3-4-6-16(11)20-12(2)17(19)18-15-10-13-7-8-14(15)9-13/h3-6,12-15H,7-10H2,1-2H3,(H,18,19)/t12-,13-,14-,15-/m1/s1. The average molecular weight is 273 g/mol. The molecule has 1 amide bonds. The van der Waals surface area contributed by atoms with Crippen LogP contribution in [0.4, 0.5) is 0 Å². The minimum absolute atomic E-state index is 0.0193. The maximum absolute atomic E-state index is 12.3. The van der Waals surface area contributed by atoms with Crippen LogP contribution in [0, 0.1) is 18.8 Å². The molecule has 0 spiro atoms. The molecule has 2 fully saturated rings. The van der Waals surface area contributed by atoms with E-state index in [1.165, 1.54) is 19.3 Å². The molecule has 2 saturated carbocycles. The molecule has 2 aliphatic rings. The van der Waals surface area contributed by atoms with Crippen LogP contribution in [0.3, 0.4) is 0 Å². The molecule has 0 heterocycles. The van der Waals surface area contributed by atoms with E-state index in [-0.39, 0.29) is 5.91 Å². The Morgan fingerprint density at radius 3 is 2.75 bits per heavy atom. The molecule has 4 atom stereocenters. The fraction of sp³-hybridized carbons (Fsp3) is 0.588. The molecule has 0 saturated heterocycles. The van der Waals surface area contributed by atoms with Crippen molar-refractivity contribution in [3.8, 4) is 5.75 Å². The molecule has 0 aliphatic heterocycles. The van der Waals surface area contributed by atoms with Gasteiger partial charge in [-0.1, -0.05) is 24.6 Å². The first-order chi connectivity index (χ1) is 9.63. The topological polar surface area (TPSA) is 38.3 Å². The fourth-order valence-electron chi connectivity index (χ4n) is 3.65. The number of para-hydroxylation sites is 1. The van der Waals surface area contributed by atoms with E-state index < -0.39 is 6.10 Å². The number of benzene rings is 1. The first-order valence-corrected chi connectivity index (χ1v) is 7.66. The number of carbonyl (C=O) groups is 1. The molecule has 0 unspecified atom stereocenters. The van der Waals surface area contributed by atoms with E-state index in [2.05, 4.69) is 5.32 Å². The highest BCUT2D eigenvalue weighted by Gasteiger charge is 2.40. The molecule has 0 radical (unpaired) electrons. The number of rotatable bonds is 4. The lowest BCUT2D eigenvalue weighted by molar-refractivity contribution is -0.128. The summed E-state index contributed by atoms with van der Waals surface area (Å²) in [6.45, 7) is 3.82. The Labute approximate surface area is 120 Å². The number of carbonyl (C=O) groups excluding carboxylic acids is 1. The Hall–Kier alpha value is -1.51. The zero-order valence-electron chi connectivity index (χ0n) is 12.3. The zero-order chi connectivity index (χ0) is 14.1. The van der Waals surface area contributed by atoms with Gasteiger partial charge in [0.2, 0.25) is 0 Å². The SMILES string of the molecule is Cc1ccccc1O[C@H](C)C(=O)N[C@@H]1C[C@@H]2CC[C@@H]1C2. The third-order valence-electron chi connectivity index (χ3n) is 4.83. The number of ether oxygens (including phenoxy) is 1. The Kier molecular flexibility index (Phi) is 3.68. The molecule has 0 aromatic heterocycles. The van der Waals surface area contributed by atoms with Crippen LogP contribution in [0.2, 0.25) is 0 Å². The van der Waals surface area contributed by atoms with Crippen molar-refractivity contribution in [2.45, 2.75) is 51.7 Å². The number of hydrogen-bond acceptors (Lipinski definition) is 2. The molecule has 1 N–H and O–H groups in total. The summed E-state index contributed by atoms with van der Waals surface area (Å²) < 4.78 is 5.79. The number of hydrogen-bond donors (Lipinski definition) is 1. The van der Waals surface area contributed by atoms with Gasteiger partial charge in [-0.15, -0.1) is 0 Å². The maximum atomic E-state index is 12.3. The van der Waals surface area contributed by atoms with Crippen LogP contribution in [-0.4, -0.2) is 18.1 Å². The number of amides is 1. The van der Waals surface area contributed by atoms with Gasteiger partial charge in [-0.3, -0.25) is 4.79 Å². The monoisotopic (exact) mass is 273 g/mol. The molecule has 2 bridgehead atoms. The Bertz CT molecular complexity index is 500. The van der Waals surface area contributed by atoms with Gasteiger partial charge in [-0.25, -0.2) is 0 Å². The zero-order valence-corrected chi connectivity index (χ0v) is 12.3. The predicted octanol–water partition coefficient (Wildman–Crippen LogP) is 3.07. The first kappa shape index (κ1) is 13.5. The third kappa shape index (κ3) is 2.67. The van der Waals surface area contributed by atoms with Crippen molar-refractivity contribution in [1.82, 2.24) is 5.32 Å². The van der Waals surface area contributed by atoms with Crippen LogP contribution in [0.5, 0.6) is 5.75 Å². The minimum atomic E-state index is -0.435. The predicted molar refractivity (Wildman–Crippen MR) is 78.6 cm³/mol. The Balaban J connectivity index is 1.56. The van der Waals surface area contributed by atoms with Gasteiger partial charge >= 0.3 is 0 Å². The van der Waals surface area contributed by atoms with E-state index in [4.69, 9.17) is 4.74 Å². The Morgan fingerprint density at radius 1 is 1.30 bits per heavy atom. The summed E-state index contributed by atoms with van der Waals surface area (Å²) in [4.78, 5) is 12.3. The molecular formula is C17H23NO2. The van der Waals surface area contributed by atoms with Gasteiger partial charge in [0, 0.05) is 6.04 Å². The molecule has 3 nitrogen and oxygen atoms in total. The van der Waals surface area contributed by atoms with Crippen molar-refractivity contribution in [2.75, 3.05) is 0 Å². The van der Waals surface area contributed by atoms with E-state index in [0.29, 0.717) is 12.0 Å². The highest BCUT2D eigenvalue weighted by atomic mass is 16.5. The summed E-state index contributed by atoms with van der Waals surface area (Å²) in [5, 5.41) is 3.19. The molecular weight excluding hydrogens is 250 g/mol. The van der Waals surface area contributed by atoms with E-state index in [1.807, 2.05) is 38.1 Å². The molecule has 1 aromatic carbocycles. The lowest BCUT2D eigenvalue weighted by atomic mass is 9.95. The van der Waals surface area contributed by atoms with Crippen molar-refractivity contribution in [2.24, 2.45) is 11.8 Å². The summed E-state index contributed by atoms with van der Waals surface area (Å²) in [6.07, 6.45) is 4.66. The van der Waals surface area contributed by atoms with Gasteiger partial charge in [0.15, 0.2) is 6.10 Å². The van der Waals surface area contributed by atoms with Crippen molar-refractivity contribution < 1.29 is 9.53 Å². The van der Waals surface area contributed by atoms with Crippen molar-refractivity contribution in [3.63, 3.8) is 0 Å². The van der Waals surface area contributed by atoms with Gasteiger partial charge in [-0.2, -0.15) is 0 Å². The van der Waals surface area contributed by atoms with Gasteiger partial charge in [0.05, 0.1) is 0 Å². The second-order valence-corrected chi connectivity index (χ2v) is 6.32. The lowest BCUT2D eigenvalue weighted by Gasteiger charge is -2.25. The number of fused-ring (bicyclic) bond motifs is 2. The third-order valence-corrected chi connectivity index (χ3v) is 4.83. The quantitative estimate of drug-likeness (QED) is 0.915. The van der Waals surface area contributed by atoms with E-state index in [9.17, 15) is 4.79 Å². The van der Waals surface area contributed by atoms with Crippen LogP contribution in [-0.2, 0) is 4.79 Å². The van der Waals surface area contributed by atoms with Crippen LogP contribution in [0.15, 0.2) is 24.3 Å². The Morgan fingerprint density at radius 2 is 2.10 bits per heavy atom. The van der Waals surface area contributed by atoms with Crippen LogP contribution >= 0.6 is 0 Å². The van der Waals surface area contributed by atoms with Gasteiger partial charge in [-0.05, 0) is 56.6 Å². The van der Waals surface area contributed by atoms with E-state index in [1.54, 1.807) is 0 Å². The summed E-state index contributed by atoms with van der Waals surface area (Å²) >= 11 is 0. The highest BCUT2D eigenvalue weighted by Crippen LogP contribution is 2.44. The van der Waals surface area contributed by atoms with Crippen molar-refractivity contribution in [1.29, 1.82) is 0 Å². The van der Waals surface area contributed by atoms with Crippen LogP contribution in [0.1, 0.15) is 38.2 Å². The largest absolute Gasteiger partial charge is 0.481 e. The molecule has 108 valence electrons. The van der Waals surface area contributed by atoms with Crippen LogP contribution in [0.25, 0.3) is 0 Å². The first-order valence-electron chi connectivity index (χ1n) is 7.66. The number of aryl methyl sites for hydroxylation is 1.